The van der Waals surface area contributed by atoms with E-state index in [1.165, 1.54) is 0 Å². The van der Waals surface area contributed by atoms with E-state index in [1.807, 2.05) is 0 Å². The van der Waals surface area contributed by atoms with Gasteiger partial charge in [-0.15, -0.1) is 0 Å². The molecule has 0 spiro atoms. The van der Waals surface area contributed by atoms with Gasteiger partial charge in [-0.25, -0.2) is 0 Å². The van der Waals surface area contributed by atoms with Crippen molar-refractivity contribution in [1.82, 2.24) is 5.32 Å². The average molecular weight is 306 g/mol. The third-order valence-corrected chi connectivity index (χ3v) is 5.17. The van der Waals surface area contributed by atoms with Crippen LogP contribution in [0.1, 0.15) is 44.9 Å². The Hall–Kier alpha value is -0.780. The highest BCUT2D eigenvalue weighted by Gasteiger charge is 2.41. The first-order valence-electron chi connectivity index (χ1n) is 7.96. The van der Waals surface area contributed by atoms with Crippen molar-refractivity contribution < 1.29 is 18.0 Å². The van der Waals surface area contributed by atoms with E-state index in [0.29, 0.717) is 25.9 Å². The second kappa shape index (κ2) is 6.99. The number of rotatable bonds is 4. The van der Waals surface area contributed by atoms with Gasteiger partial charge in [-0.3, -0.25) is 4.79 Å². The molecule has 0 saturated heterocycles. The topological polar surface area (TPSA) is 55.1 Å². The van der Waals surface area contributed by atoms with Gasteiger partial charge < -0.3 is 11.1 Å². The van der Waals surface area contributed by atoms with Crippen molar-refractivity contribution in [1.29, 1.82) is 0 Å². The summed E-state index contributed by atoms with van der Waals surface area (Å²) in [6.07, 6.45) is 0.353. The van der Waals surface area contributed by atoms with Crippen LogP contribution in [-0.2, 0) is 4.79 Å². The van der Waals surface area contributed by atoms with Crippen molar-refractivity contribution in [2.45, 2.75) is 51.1 Å². The van der Waals surface area contributed by atoms with E-state index in [0.717, 1.165) is 19.3 Å². The fourth-order valence-electron chi connectivity index (χ4n) is 3.73. The van der Waals surface area contributed by atoms with Crippen LogP contribution in [-0.4, -0.2) is 25.2 Å². The van der Waals surface area contributed by atoms with Crippen LogP contribution in [0.5, 0.6) is 0 Å². The summed E-state index contributed by atoms with van der Waals surface area (Å²) in [4.78, 5) is 12.1. The third-order valence-electron chi connectivity index (χ3n) is 5.17. The van der Waals surface area contributed by atoms with E-state index in [2.05, 4.69) is 5.32 Å². The van der Waals surface area contributed by atoms with E-state index in [1.54, 1.807) is 0 Å². The van der Waals surface area contributed by atoms with Gasteiger partial charge in [-0.2, -0.15) is 13.2 Å². The van der Waals surface area contributed by atoms with Gasteiger partial charge in [-0.05, 0) is 56.9 Å². The molecule has 6 heteroatoms. The van der Waals surface area contributed by atoms with Crippen molar-refractivity contribution in [2.75, 3.05) is 13.1 Å². The van der Waals surface area contributed by atoms with E-state index < -0.39 is 12.1 Å². The Balaban J connectivity index is 1.71. The fourth-order valence-corrected chi connectivity index (χ4v) is 3.73. The summed E-state index contributed by atoms with van der Waals surface area (Å²) >= 11 is 0. The Kier molecular flexibility index (Phi) is 5.52. The first kappa shape index (κ1) is 16.6. The Morgan fingerprint density at radius 1 is 1.10 bits per heavy atom. The molecule has 0 aromatic carbocycles. The Bertz CT molecular complexity index is 351. The number of alkyl halides is 3. The maximum Gasteiger partial charge on any atom is 0.391 e. The standard InChI is InChI=1S/C15H25F3N2O/c16-15(17,18)12-6-4-10(5-7-12)9-20-14(21)13-3-1-2-11(13)8-19/h10-13H,1-9,19H2,(H,20,21)/t10?,11-,12?,13-/m1/s1. The fraction of sp³-hybridized carbons (Fsp3) is 0.933. The molecule has 21 heavy (non-hydrogen) atoms. The lowest BCUT2D eigenvalue weighted by atomic mass is 9.81. The second-order valence-electron chi connectivity index (χ2n) is 6.54. The average Bonchev–Trinajstić information content (AvgIpc) is 2.92. The van der Waals surface area contributed by atoms with E-state index in [9.17, 15) is 18.0 Å². The van der Waals surface area contributed by atoms with E-state index >= 15 is 0 Å². The molecule has 0 aliphatic heterocycles. The molecule has 0 heterocycles. The summed E-state index contributed by atoms with van der Waals surface area (Å²) < 4.78 is 37.8. The van der Waals surface area contributed by atoms with Crippen LogP contribution in [0.4, 0.5) is 13.2 Å². The third kappa shape index (κ3) is 4.34. The highest BCUT2D eigenvalue weighted by Crippen LogP contribution is 2.39. The van der Waals surface area contributed by atoms with Crippen LogP contribution >= 0.6 is 0 Å². The number of amides is 1. The van der Waals surface area contributed by atoms with Crippen molar-refractivity contribution in [3.8, 4) is 0 Å². The summed E-state index contributed by atoms with van der Waals surface area (Å²) in [7, 11) is 0. The van der Waals surface area contributed by atoms with Gasteiger partial charge in [0.1, 0.15) is 0 Å². The lowest BCUT2D eigenvalue weighted by Gasteiger charge is -2.30. The molecule has 2 aliphatic carbocycles. The van der Waals surface area contributed by atoms with Crippen LogP contribution in [0.15, 0.2) is 0 Å². The number of halogens is 3. The Morgan fingerprint density at radius 2 is 1.76 bits per heavy atom. The SMILES string of the molecule is NC[C@H]1CCC[C@H]1C(=O)NCC1CCC(C(F)(F)F)CC1. The number of carbonyl (C=O) groups is 1. The monoisotopic (exact) mass is 306 g/mol. The van der Waals surface area contributed by atoms with Crippen LogP contribution in [0.25, 0.3) is 0 Å². The van der Waals surface area contributed by atoms with Gasteiger partial charge >= 0.3 is 6.18 Å². The number of nitrogens with one attached hydrogen (secondary N) is 1. The molecule has 0 aromatic rings. The molecular weight excluding hydrogens is 281 g/mol. The number of nitrogens with two attached hydrogens (primary N) is 1. The molecule has 2 aliphatic rings. The lowest BCUT2D eigenvalue weighted by molar-refractivity contribution is -0.183. The van der Waals surface area contributed by atoms with Gasteiger partial charge in [0.05, 0.1) is 5.92 Å². The van der Waals surface area contributed by atoms with Crippen molar-refractivity contribution in [3.63, 3.8) is 0 Å². The molecule has 3 nitrogen and oxygen atoms in total. The molecular formula is C15H25F3N2O. The maximum absolute atomic E-state index is 12.6. The van der Waals surface area contributed by atoms with E-state index in [4.69, 9.17) is 5.73 Å². The number of carbonyl (C=O) groups excluding carboxylic acids is 1. The molecule has 0 unspecified atom stereocenters. The predicted octanol–water partition coefficient (Wildman–Crippen LogP) is 2.85. The Morgan fingerprint density at radius 3 is 2.33 bits per heavy atom. The molecule has 0 radical (unpaired) electrons. The number of hydrogen-bond donors (Lipinski definition) is 2. The van der Waals surface area contributed by atoms with Gasteiger partial charge in [-0.1, -0.05) is 6.42 Å². The highest BCUT2D eigenvalue weighted by molar-refractivity contribution is 5.79. The molecule has 2 fully saturated rings. The molecule has 3 N–H and O–H groups in total. The lowest BCUT2D eigenvalue weighted by Crippen LogP contribution is -2.39. The Labute approximate surface area is 123 Å². The zero-order chi connectivity index (χ0) is 15.5. The predicted molar refractivity (Wildman–Crippen MR) is 74.4 cm³/mol. The van der Waals surface area contributed by atoms with Crippen LogP contribution in [0.3, 0.4) is 0 Å². The minimum absolute atomic E-state index is 0.00140. The summed E-state index contributed by atoms with van der Waals surface area (Å²) in [6, 6.07) is 0. The molecule has 2 saturated carbocycles. The first-order chi connectivity index (χ1) is 9.91. The molecule has 122 valence electrons. The summed E-state index contributed by atoms with van der Waals surface area (Å²) in [5.74, 6) is -0.653. The summed E-state index contributed by atoms with van der Waals surface area (Å²) in [5, 5.41) is 2.94. The van der Waals surface area contributed by atoms with E-state index in [-0.39, 0.29) is 36.5 Å². The van der Waals surface area contributed by atoms with Gasteiger partial charge in [0.15, 0.2) is 0 Å². The molecule has 2 atom stereocenters. The minimum Gasteiger partial charge on any atom is -0.356 e. The number of hydrogen-bond acceptors (Lipinski definition) is 2. The zero-order valence-electron chi connectivity index (χ0n) is 12.3. The summed E-state index contributed by atoms with van der Waals surface area (Å²) in [6.45, 7) is 1.05. The molecule has 0 aromatic heterocycles. The van der Waals surface area contributed by atoms with Crippen LogP contribution in [0, 0.1) is 23.7 Å². The van der Waals surface area contributed by atoms with Crippen LogP contribution in [0.2, 0.25) is 0 Å². The van der Waals surface area contributed by atoms with Crippen molar-refractivity contribution >= 4 is 5.91 Å². The normalized spacial score (nSPS) is 33.9. The largest absolute Gasteiger partial charge is 0.391 e. The zero-order valence-corrected chi connectivity index (χ0v) is 12.3. The maximum atomic E-state index is 12.6. The second-order valence-corrected chi connectivity index (χ2v) is 6.54. The smallest absolute Gasteiger partial charge is 0.356 e. The molecule has 0 bridgehead atoms. The highest BCUT2D eigenvalue weighted by atomic mass is 19.4. The quantitative estimate of drug-likeness (QED) is 0.839. The van der Waals surface area contributed by atoms with Gasteiger partial charge in [0, 0.05) is 12.5 Å². The first-order valence-corrected chi connectivity index (χ1v) is 7.96. The van der Waals surface area contributed by atoms with Gasteiger partial charge in [0.25, 0.3) is 0 Å². The van der Waals surface area contributed by atoms with Crippen molar-refractivity contribution in [2.24, 2.45) is 29.4 Å². The van der Waals surface area contributed by atoms with Gasteiger partial charge in [0.2, 0.25) is 5.91 Å². The molecule has 2 rings (SSSR count). The van der Waals surface area contributed by atoms with Crippen molar-refractivity contribution in [3.05, 3.63) is 0 Å². The minimum atomic E-state index is -4.06. The summed E-state index contributed by atoms with van der Waals surface area (Å²) in [5.41, 5.74) is 5.67. The molecule has 1 amide bonds. The van der Waals surface area contributed by atoms with Crippen LogP contribution < -0.4 is 11.1 Å².